The summed E-state index contributed by atoms with van der Waals surface area (Å²) in [6, 6.07) is 5.17. The third-order valence-corrected chi connectivity index (χ3v) is 6.98. The highest BCUT2D eigenvalue weighted by molar-refractivity contribution is 9.10. The summed E-state index contributed by atoms with van der Waals surface area (Å²) in [5.74, 6) is 0.659. The summed E-state index contributed by atoms with van der Waals surface area (Å²) in [6.07, 6.45) is -0.651. The molecule has 4 aliphatic rings. The molecule has 1 saturated heterocycles. The zero-order valence-electron chi connectivity index (χ0n) is 14.7. The van der Waals surface area contributed by atoms with Gasteiger partial charge >= 0.3 is 18.2 Å². The summed E-state index contributed by atoms with van der Waals surface area (Å²) in [4.78, 5) is 27.7. The van der Waals surface area contributed by atoms with Gasteiger partial charge in [-0.2, -0.15) is 0 Å². The maximum Gasteiger partial charge on any atom is 0.425 e. The Balaban J connectivity index is 1.73. The lowest BCUT2D eigenvalue weighted by molar-refractivity contribution is -0.281. The summed E-state index contributed by atoms with van der Waals surface area (Å²) < 4.78 is 18.5. The van der Waals surface area contributed by atoms with E-state index in [0.717, 1.165) is 29.3 Å². The van der Waals surface area contributed by atoms with Gasteiger partial charge in [0.2, 0.25) is 0 Å². The summed E-state index contributed by atoms with van der Waals surface area (Å²) in [7, 11) is 0. The van der Waals surface area contributed by atoms with Crippen molar-refractivity contribution in [1.29, 1.82) is 0 Å². The van der Waals surface area contributed by atoms with Crippen LogP contribution in [0.3, 0.4) is 0 Å². The van der Waals surface area contributed by atoms with Crippen molar-refractivity contribution < 1.29 is 34.0 Å². The van der Waals surface area contributed by atoms with Crippen LogP contribution in [0.1, 0.15) is 24.8 Å². The molecule has 28 heavy (non-hydrogen) atoms. The lowest BCUT2D eigenvalue weighted by atomic mass is 9.49. The maximum atomic E-state index is 11.5. The number of amidine groups is 1. The Kier molecular flexibility index (Phi) is 3.55. The monoisotopic (exact) mass is 452 g/mol. The number of hydrogen-bond acceptors (Lipinski definition) is 6. The first-order chi connectivity index (χ1) is 13.3. The van der Waals surface area contributed by atoms with E-state index >= 15 is 0 Å². The number of imide groups is 1. The zero-order chi connectivity index (χ0) is 19.7. The number of halogens is 1. The lowest BCUT2D eigenvalue weighted by Crippen LogP contribution is -2.75. The number of benzene rings is 1. The molecule has 148 valence electrons. The van der Waals surface area contributed by atoms with Gasteiger partial charge < -0.3 is 24.4 Å². The summed E-state index contributed by atoms with van der Waals surface area (Å²) in [5, 5.41) is 18.6. The topological polar surface area (TPSA) is 118 Å². The van der Waals surface area contributed by atoms with Crippen molar-refractivity contribution in [3.63, 3.8) is 0 Å². The smallest absolute Gasteiger partial charge is 0.425 e. The third kappa shape index (κ3) is 1.97. The minimum Gasteiger partial charge on any atom is -0.486 e. The van der Waals surface area contributed by atoms with Crippen LogP contribution in [0.25, 0.3) is 0 Å². The van der Waals surface area contributed by atoms with Gasteiger partial charge in [-0.15, -0.1) is 4.90 Å². The molecular weight excluding hydrogens is 436 g/mol. The van der Waals surface area contributed by atoms with Crippen LogP contribution in [0.4, 0.5) is 9.59 Å². The Hall–Kier alpha value is -2.33. The number of carboxylic acid groups (broad SMARTS) is 2. The largest absolute Gasteiger partial charge is 0.486 e. The van der Waals surface area contributed by atoms with Gasteiger partial charge in [-0.25, -0.2) is 14.6 Å². The third-order valence-electron chi connectivity index (χ3n) is 6.49. The molecule has 3 spiro atoms. The second-order valence-corrected chi connectivity index (χ2v) is 8.52. The summed E-state index contributed by atoms with van der Waals surface area (Å²) in [5.41, 5.74) is -1.27. The van der Waals surface area contributed by atoms with Crippen molar-refractivity contribution in [2.24, 2.45) is 10.4 Å². The second kappa shape index (κ2) is 5.60. The molecular formula is C18H17BrN2O7. The quantitative estimate of drug-likeness (QED) is 0.620. The van der Waals surface area contributed by atoms with Crippen LogP contribution in [-0.4, -0.2) is 58.7 Å². The number of fused-ring (bicyclic) bond motifs is 4. The standard InChI is InChI=1S/C18H17BrN2O7/c19-10-2-3-12-11(6-10)18(9-27-13(20-18)21(14(22)23)15(24)25)16(7-26-8-16)17(28-12)4-1-5-17/h2-3,6H,1,4-5,7-9H2,(H,22,23)(H,24,25). The molecule has 2 amide bonds. The molecule has 3 heterocycles. The Labute approximate surface area is 168 Å². The van der Waals surface area contributed by atoms with Crippen molar-refractivity contribution in [3.05, 3.63) is 28.2 Å². The fourth-order valence-electron chi connectivity index (χ4n) is 4.88. The molecule has 10 heteroatoms. The Morgan fingerprint density at radius 1 is 1.14 bits per heavy atom. The first-order valence-corrected chi connectivity index (χ1v) is 9.69. The molecule has 1 aliphatic carbocycles. The van der Waals surface area contributed by atoms with Gasteiger partial charge in [-0.05, 0) is 37.5 Å². The Morgan fingerprint density at radius 2 is 1.86 bits per heavy atom. The fourth-order valence-corrected chi connectivity index (χ4v) is 5.24. The van der Waals surface area contributed by atoms with Crippen molar-refractivity contribution >= 4 is 34.1 Å². The van der Waals surface area contributed by atoms with E-state index in [1.807, 2.05) is 18.2 Å². The minimum atomic E-state index is -1.66. The van der Waals surface area contributed by atoms with Gasteiger partial charge in [0.15, 0.2) is 0 Å². The van der Waals surface area contributed by atoms with E-state index in [4.69, 9.17) is 14.2 Å². The molecule has 1 atom stereocenters. The predicted octanol–water partition coefficient (Wildman–Crippen LogP) is 3.02. The Morgan fingerprint density at radius 3 is 2.39 bits per heavy atom. The molecule has 1 aromatic carbocycles. The SMILES string of the molecule is O=C(O)N(C(=O)O)C1=NC2(CO1)c1cc(Br)ccc1OC1(CCC1)C21COC1. The molecule has 1 aromatic rings. The highest BCUT2D eigenvalue weighted by Gasteiger charge is 2.75. The second-order valence-electron chi connectivity index (χ2n) is 7.61. The Bertz CT molecular complexity index is 911. The van der Waals surface area contributed by atoms with Crippen LogP contribution < -0.4 is 4.74 Å². The van der Waals surface area contributed by atoms with E-state index in [-0.39, 0.29) is 11.5 Å². The number of ether oxygens (including phenoxy) is 3. The normalized spacial score (nSPS) is 27.8. The minimum absolute atomic E-state index is 0.0251. The molecule has 2 fully saturated rings. The van der Waals surface area contributed by atoms with Crippen LogP contribution in [-0.2, 0) is 15.0 Å². The number of hydrogen-bond donors (Lipinski definition) is 2. The molecule has 2 N–H and O–H groups in total. The van der Waals surface area contributed by atoms with E-state index < -0.39 is 34.8 Å². The first kappa shape index (κ1) is 17.7. The van der Waals surface area contributed by atoms with Crippen molar-refractivity contribution in [2.45, 2.75) is 30.4 Å². The number of carbonyl (C=O) groups is 2. The van der Waals surface area contributed by atoms with Crippen molar-refractivity contribution in [3.8, 4) is 5.75 Å². The number of amides is 2. The average molecular weight is 453 g/mol. The molecule has 1 unspecified atom stereocenters. The maximum absolute atomic E-state index is 11.5. The molecule has 3 aliphatic heterocycles. The van der Waals surface area contributed by atoms with Crippen LogP contribution in [0.2, 0.25) is 0 Å². The summed E-state index contributed by atoms with van der Waals surface area (Å²) in [6.45, 7) is 0.801. The molecule has 5 rings (SSSR count). The van der Waals surface area contributed by atoms with E-state index in [1.165, 1.54) is 0 Å². The first-order valence-electron chi connectivity index (χ1n) is 8.90. The lowest BCUT2D eigenvalue weighted by Gasteiger charge is -2.66. The van der Waals surface area contributed by atoms with Gasteiger partial charge in [0.1, 0.15) is 23.5 Å². The van der Waals surface area contributed by atoms with E-state index in [9.17, 15) is 19.8 Å². The number of aliphatic imine (C=N–C) groups is 1. The zero-order valence-corrected chi connectivity index (χ0v) is 16.3. The van der Waals surface area contributed by atoms with Gasteiger partial charge in [-0.1, -0.05) is 15.9 Å². The average Bonchev–Trinajstić information content (AvgIpc) is 2.97. The number of nitrogens with zero attached hydrogens (tertiary/aromatic N) is 2. The highest BCUT2D eigenvalue weighted by atomic mass is 79.9. The van der Waals surface area contributed by atoms with Crippen LogP contribution in [0, 0.1) is 5.41 Å². The molecule has 0 bridgehead atoms. The highest BCUT2D eigenvalue weighted by Crippen LogP contribution is 2.67. The molecule has 9 nitrogen and oxygen atoms in total. The molecule has 1 saturated carbocycles. The van der Waals surface area contributed by atoms with Crippen molar-refractivity contribution in [2.75, 3.05) is 19.8 Å². The van der Waals surface area contributed by atoms with Crippen LogP contribution in [0.15, 0.2) is 27.7 Å². The van der Waals surface area contributed by atoms with E-state index in [2.05, 4.69) is 20.9 Å². The van der Waals surface area contributed by atoms with E-state index in [0.29, 0.717) is 19.0 Å². The molecule has 0 aromatic heterocycles. The van der Waals surface area contributed by atoms with Gasteiger partial charge in [0.05, 0.1) is 18.6 Å². The summed E-state index contributed by atoms with van der Waals surface area (Å²) >= 11 is 3.47. The molecule has 0 radical (unpaired) electrons. The van der Waals surface area contributed by atoms with Crippen LogP contribution in [0.5, 0.6) is 5.75 Å². The van der Waals surface area contributed by atoms with Gasteiger partial charge in [0, 0.05) is 10.0 Å². The van der Waals surface area contributed by atoms with Gasteiger partial charge in [0.25, 0.3) is 0 Å². The van der Waals surface area contributed by atoms with E-state index in [1.54, 1.807) is 0 Å². The van der Waals surface area contributed by atoms with Gasteiger partial charge in [-0.3, -0.25) is 0 Å². The fraction of sp³-hybridized carbons (Fsp3) is 0.500. The number of rotatable bonds is 0. The predicted molar refractivity (Wildman–Crippen MR) is 97.6 cm³/mol. The van der Waals surface area contributed by atoms with Crippen molar-refractivity contribution in [1.82, 2.24) is 4.90 Å². The van der Waals surface area contributed by atoms with Crippen LogP contribution >= 0.6 is 15.9 Å².